The van der Waals surface area contributed by atoms with Gasteiger partial charge in [-0.1, -0.05) is 12.1 Å². The Morgan fingerprint density at radius 2 is 2.33 bits per heavy atom. The van der Waals surface area contributed by atoms with Crippen LogP contribution in [0.4, 0.5) is 0 Å². The van der Waals surface area contributed by atoms with Gasteiger partial charge in [-0.15, -0.1) is 0 Å². The Morgan fingerprint density at radius 3 is 3.06 bits per heavy atom. The van der Waals surface area contributed by atoms with Crippen molar-refractivity contribution in [2.75, 3.05) is 20.2 Å². The van der Waals surface area contributed by atoms with Gasteiger partial charge in [0.25, 0.3) is 0 Å². The summed E-state index contributed by atoms with van der Waals surface area (Å²) in [4.78, 5) is 4.44. The zero-order valence-corrected chi connectivity index (χ0v) is 10.5. The minimum atomic E-state index is -0.479. The molecule has 4 nitrogen and oxygen atoms in total. The maximum atomic E-state index is 10.5. The SMILES string of the molecule is COc1cccc2c1CC[C@@H](C1=NCCN1)[C@@H]2O. The number of aliphatic hydroxyl groups excluding tert-OH is 1. The van der Waals surface area contributed by atoms with Gasteiger partial charge in [0, 0.05) is 12.5 Å². The second-order valence-electron chi connectivity index (χ2n) is 4.81. The van der Waals surface area contributed by atoms with Crippen LogP contribution in [0.25, 0.3) is 0 Å². The van der Waals surface area contributed by atoms with Crippen LogP contribution in [0.15, 0.2) is 23.2 Å². The summed E-state index contributed by atoms with van der Waals surface area (Å²) in [5.74, 6) is 1.95. The number of nitrogens with one attached hydrogen (secondary N) is 1. The van der Waals surface area contributed by atoms with Gasteiger partial charge in [0.1, 0.15) is 11.6 Å². The molecule has 0 bridgehead atoms. The lowest BCUT2D eigenvalue weighted by Gasteiger charge is -2.31. The van der Waals surface area contributed by atoms with Crippen LogP contribution in [-0.4, -0.2) is 31.1 Å². The van der Waals surface area contributed by atoms with Gasteiger partial charge in [-0.2, -0.15) is 0 Å². The molecule has 3 rings (SSSR count). The van der Waals surface area contributed by atoms with Crippen LogP contribution in [0.3, 0.4) is 0 Å². The Bertz CT molecular complexity index is 485. The molecule has 0 spiro atoms. The summed E-state index contributed by atoms with van der Waals surface area (Å²) in [6.07, 6.45) is 1.37. The maximum Gasteiger partial charge on any atom is 0.122 e. The molecule has 18 heavy (non-hydrogen) atoms. The highest BCUT2D eigenvalue weighted by Gasteiger charge is 2.33. The van der Waals surface area contributed by atoms with Crippen LogP contribution < -0.4 is 10.1 Å². The van der Waals surface area contributed by atoms with Crippen LogP contribution in [0.1, 0.15) is 23.7 Å². The molecule has 0 fully saturated rings. The molecule has 0 unspecified atom stereocenters. The van der Waals surface area contributed by atoms with Crippen molar-refractivity contribution in [2.24, 2.45) is 10.9 Å². The van der Waals surface area contributed by atoms with Crippen molar-refractivity contribution < 1.29 is 9.84 Å². The summed E-state index contributed by atoms with van der Waals surface area (Å²) >= 11 is 0. The Kier molecular flexibility index (Phi) is 2.96. The molecule has 0 saturated carbocycles. The predicted molar refractivity (Wildman–Crippen MR) is 70.1 cm³/mol. The van der Waals surface area contributed by atoms with Gasteiger partial charge in [-0.05, 0) is 30.0 Å². The predicted octanol–water partition coefficient (Wildman–Crippen LogP) is 1.29. The number of aliphatic imine (C=N–C) groups is 1. The number of amidine groups is 1. The van der Waals surface area contributed by atoms with E-state index in [1.165, 1.54) is 0 Å². The van der Waals surface area contributed by atoms with Gasteiger partial charge < -0.3 is 15.2 Å². The number of ether oxygens (including phenoxy) is 1. The first kappa shape index (κ1) is 11.5. The van der Waals surface area contributed by atoms with E-state index in [1.54, 1.807) is 7.11 Å². The highest BCUT2D eigenvalue weighted by Crippen LogP contribution is 2.39. The van der Waals surface area contributed by atoms with Crippen molar-refractivity contribution in [1.29, 1.82) is 0 Å². The van der Waals surface area contributed by atoms with Crippen molar-refractivity contribution in [3.8, 4) is 5.75 Å². The van der Waals surface area contributed by atoms with Crippen LogP contribution in [0, 0.1) is 5.92 Å². The third kappa shape index (κ3) is 1.77. The van der Waals surface area contributed by atoms with Gasteiger partial charge in [0.15, 0.2) is 0 Å². The molecule has 1 heterocycles. The number of hydrogen-bond acceptors (Lipinski definition) is 4. The second-order valence-corrected chi connectivity index (χ2v) is 4.81. The number of benzene rings is 1. The summed E-state index contributed by atoms with van der Waals surface area (Å²) in [5, 5.41) is 13.8. The van der Waals surface area contributed by atoms with Crippen LogP contribution >= 0.6 is 0 Å². The topological polar surface area (TPSA) is 53.8 Å². The lowest BCUT2D eigenvalue weighted by Crippen LogP contribution is -2.34. The van der Waals surface area contributed by atoms with E-state index in [0.29, 0.717) is 0 Å². The zero-order valence-electron chi connectivity index (χ0n) is 10.5. The molecule has 1 aliphatic heterocycles. The Balaban J connectivity index is 1.94. The fourth-order valence-electron chi connectivity index (χ4n) is 2.94. The van der Waals surface area contributed by atoms with E-state index in [-0.39, 0.29) is 5.92 Å². The average Bonchev–Trinajstić information content (AvgIpc) is 2.92. The van der Waals surface area contributed by atoms with E-state index in [1.807, 2.05) is 18.2 Å². The van der Waals surface area contributed by atoms with Gasteiger partial charge in [0.2, 0.25) is 0 Å². The molecule has 4 heteroatoms. The number of methoxy groups -OCH3 is 1. The van der Waals surface area contributed by atoms with Crippen molar-refractivity contribution >= 4 is 5.84 Å². The van der Waals surface area contributed by atoms with Crippen LogP contribution in [0.2, 0.25) is 0 Å². The standard InChI is InChI=1S/C14H18N2O2/c1-18-12-4-2-3-10-9(12)5-6-11(13(10)17)14-15-7-8-16-14/h2-4,11,13,17H,5-8H2,1H3,(H,15,16)/t11-,13-/m1/s1. The summed E-state index contributed by atoms with van der Waals surface area (Å²) in [7, 11) is 1.68. The Morgan fingerprint density at radius 1 is 1.44 bits per heavy atom. The maximum absolute atomic E-state index is 10.5. The molecule has 2 atom stereocenters. The molecule has 2 N–H and O–H groups in total. The van der Waals surface area contributed by atoms with Crippen molar-refractivity contribution in [3.63, 3.8) is 0 Å². The molecule has 2 aliphatic rings. The summed E-state index contributed by atoms with van der Waals surface area (Å²) in [6.45, 7) is 1.72. The quantitative estimate of drug-likeness (QED) is 0.827. The molecule has 0 saturated heterocycles. The number of hydrogen-bond donors (Lipinski definition) is 2. The average molecular weight is 246 g/mol. The first-order valence-corrected chi connectivity index (χ1v) is 6.43. The number of rotatable bonds is 2. The minimum absolute atomic E-state index is 0.104. The Hall–Kier alpha value is -1.55. The minimum Gasteiger partial charge on any atom is -0.496 e. The van der Waals surface area contributed by atoms with Crippen molar-refractivity contribution in [2.45, 2.75) is 18.9 Å². The van der Waals surface area contributed by atoms with E-state index in [2.05, 4.69) is 10.3 Å². The lowest BCUT2D eigenvalue weighted by atomic mass is 9.80. The molecular formula is C14H18N2O2. The van der Waals surface area contributed by atoms with E-state index >= 15 is 0 Å². The van der Waals surface area contributed by atoms with E-state index < -0.39 is 6.10 Å². The van der Waals surface area contributed by atoms with Gasteiger partial charge >= 0.3 is 0 Å². The molecular weight excluding hydrogens is 228 g/mol. The fourth-order valence-corrected chi connectivity index (χ4v) is 2.94. The first-order valence-electron chi connectivity index (χ1n) is 6.43. The smallest absolute Gasteiger partial charge is 0.122 e. The molecule has 0 radical (unpaired) electrons. The zero-order chi connectivity index (χ0) is 12.5. The molecule has 1 aliphatic carbocycles. The largest absolute Gasteiger partial charge is 0.496 e. The van der Waals surface area contributed by atoms with E-state index in [9.17, 15) is 5.11 Å². The number of nitrogens with zero attached hydrogens (tertiary/aromatic N) is 1. The lowest BCUT2D eigenvalue weighted by molar-refractivity contribution is 0.125. The third-order valence-corrected chi connectivity index (χ3v) is 3.85. The summed E-state index contributed by atoms with van der Waals surface area (Å²) in [5.41, 5.74) is 2.13. The number of aliphatic hydroxyl groups is 1. The van der Waals surface area contributed by atoms with Crippen molar-refractivity contribution in [1.82, 2.24) is 5.32 Å². The van der Waals surface area contributed by atoms with Gasteiger partial charge in [-0.3, -0.25) is 4.99 Å². The van der Waals surface area contributed by atoms with Crippen molar-refractivity contribution in [3.05, 3.63) is 29.3 Å². The second kappa shape index (κ2) is 4.61. The van der Waals surface area contributed by atoms with Gasteiger partial charge in [-0.25, -0.2) is 0 Å². The molecule has 0 amide bonds. The Labute approximate surface area is 107 Å². The van der Waals surface area contributed by atoms with E-state index in [4.69, 9.17) is 4.74 Å². The summed E-state index contributed by atoms with van der Waals surface area (Å²) < 4.78 is 5.36. The third-order valence-electron chi connectivity index (χ3n) is 3.85. The first-order chi connectivity index (χ1) is 8.81. The summed E-state index contributed by atoms with van der Waals surface area (Å²) in [6, 6.07) is 5.88. The molecule has 96 valence electrons. The number of fused-ring (bicyclic) bond motifs is 1. The highest BCUT2D eigenvalue weighted by molar-refractivity contribution is 5.87. The highest BCUT2D eigenvalue weighted by atomic mass is 16.5. The van der Waals surface area contributed by atoms with E-state index in [0.717, 1.165) is 48.6 Å². The fraction of sp³-hybridized carbons (Fsp3) is 0.500. The molecule has 1 aromatic rings. The molecule has 0 aromatic heterocycles. The molecule has 1 aromatic carbocycles. The van der Waals surface area contributed by atoms with Crippen LogP contribution in [-0.2, 0) is 6.42 Å². The van der Waals surface area contributed by atoms with Gasteiger partial charge in [0.05, 0.1) is 19.8 Å². The normalized spacial score (nSPS) is 26.2. The monoisotopic (exact) mass is 246 g/mol. The van der Waals surface area contributed by atoms with Crippen LogP contribution in [0.5, 0.6) is 5.75 Å².